The topological polar surface area (TPSA) is 58.8 Å². The normalized spacial score (nSPS) is 9.08. The number of rotatable bonds is 2. The number of aryl methyl sites for hydroxylation is 1. The summed E-state index contributed by atoms with van der Waals surface area (Å²) < 4.78 is 4.92. The quantitative estimate of drug-likeness (QED) is 0.648. The zero-order valence-corrected chi connectivity index (χ0v) is 7.03. The number of aromatic nitrogens is 2. The van der Waals surface area contributed by atoms with Crippen LogP contribution in [0.5, 0.6) is 5.88 Å². The minimum absolute atomic E-state index is 0.291. The lowest BCUT2D eigenvalue weighted by atomic mass is 10.3. The van der Waals surface area contributed by atoms with Crippen molar-refractivity contribution in [2.24, 2.45) is 0 Å². The number of hydrogen-bond acceptors (Lipinski definition) is 4. The average molecular weight is 163 g/mol. The molecule has 0 amide bonds. The van der Waals surface area contributed by atoms with Crippen molar-refractivity contribution in [3.63, 3.8) is 0 Å². The van der Waals surface area contributed by atoms with Crippen molar-refractivity contribution in [1.82, 2.24) is 9.97 Å². The second kappa shape index (κ2) is 3.67. The molecule has 0 unspecified atom stereocenters. The molecule has 4 nitrogen and oxygen atoms in total. The summed E-state index contributed by atoms with van der Waals surface area (Å²) in [6.07, 6.45) is 0.291. The van der Waals surface area contributed by atoms with Crippen LogP contribution in [0.4, 0.5) is 0 Å². The van der Waals surface area contributed by atoms with Gasteiger partial charge in [0.05, 0.1) is 25.3 Å². The average Bonchev–Trinajstić information content (AvgIpc) is 2.04. The molecule has 1 rings (SSSR count). The van der Waals surface area contributed by atoms with Crippen LogP contribution < -0.4 is 4.74 Å². The monoisotopic (exact) mass is 163 g/mol. The van der Waals surface area contributed by atoms with Gasteiger partial charge in [-0.2, -0.15) is 10.2 Å². The molecule has 12 heavy (non-hydrogen) atoms. The third-order valence-corrected chi connectivity index (χ3v) is 1.34. The van der Waals surface area contributed by atoms with Crippen LogP contribution in [0, 0.1) is 18.3 Å². The van der Waals surface area contributed by atoms with E-state index in [1.54, 1.807) is 13.0 Å². The Morgan fingerprint density at radius 3 is 2.92 bits per heavy atom. The summed E-state index contributed by atoms with van der Waals surface area (Å²) in [4.78, 5) is 8.05. The molecule has 1 aromatic heterocycles. The molecular weight excluding hydrogens is 154 g/mol. The van der Waals surface area contributed by atoms with Crippen molar-refractivity contribution in [3.8, 4) is 11.9 Å². The molecule has 0 N–H and O–H groups in total. The molecular formula is C8H9N3O. The van der Waals surface area contributed by atoms with Crippen molar-refractivity contribution >= 4 is 0 Å². The van der Waals surface area contributed by atoms with Crippen LogP contribution in [-0.2, 0) is 6.42 Å². The van der Waals surface area contributed by atoms with Gasteiger partial charge >= 0.3 is 0 Å². The summed E-state index contributed by atoms with van der Waals surface area (Å²) in [5.74, 6) is 1.13. The van der Waals surface area contributed by atoms with Crippen LogP contribution in [-0.4, -0.2) is 17.1 Å². The van der Waals surface area contributed by atoms with E-state index < -0.39 is 0 Å². The Labute approximate surface area is 70.8 Å². The van der Waals surface area contributed by atoms with E-state index in [0.717, 1.165) is 0 Å². The Morgan fingerprint density at radius 2 is 2.33 bits per heavy atom. The first kappa shape index (κ1) is 8.47. The van der Waals surface area contributed by atoms with Gasteiger partial charge in [-0.25, -0.2) is 4.98 Å². The summed E-state index contributed by atoms with van der Waals surface area (Å²) in [5, 5.41) is 8.42. The molecule has 0 atom stereocenters. The Hall–Kier alpha value is -1.63. The van der Waals surface area contributed by atoms with Crippen LogP contribution >= 0.6 is 0 Å². The first-order valence-corrected chi connectivity index (χ1v) is 3.51. The van der Waals surface area contributed by atoms with Crippen molar-refractivity contribution < 1.29 is 4.74 Å². The van der Waals surface area contributed by atoms with Crippen LogP contribution in [0.1, 0.15) is 11.5 Å². The molecule has 0 fully saturated rings. The second-order valence-electron chi connectivity index (χ2n) is 2.28. The molecule has 0 aromatic carbocycles. The maximum Gasteiger partial charge on any atom is 0.216 e. The van der Waals surface area contributed by atoms with E-state index in [1.165, 1.54) is 7.11 Å². The minimum atomic E-state index is 0.291. The van der Waals surface area contributed by atoms with E-state index in [9.17, 15) is 0 Å². The number of nitrogens with zero attached hydrogens (tertiary/aromatic N) is 3. The molecule has 1 heterocycles. The predicted octanol–water partition coefficient (Wildman–Crippen LogP) is 0.860. The highest BCUT2D eigenvalue weighted by Crippen LogP contribution is 2.08. The van der Waals surface area contributed by atoms with E-state index in [0.29, 0.717) is 23.8 Å². The molecule has 0 radical (unpaired) electrons. The van der Waals surface area contributed by atoms with Gasteiger partial charge in [0.1, 0.15) is 5.82 Å². The van der Waals surface area contributed by atoms with E-state index in [2.05, 4.69) is 9.97 Å². The molecule has 0 aliphatic heterocycles. The predicted molar refractivity (Wildman–Crippen MR) is 42.6 cm³/mol. The van der Waals surface area contributed by atoms with Crippen molar-refractivity contribution in [2.45, 2.75) is 13.3 Å². The number of nitriles is 1. The van der Waals surface area contributed by atoms with Crippen molar-refractivity contribution in [1.29, 1.82) is 5.26 Å². The summed E-state index contributed by atoms with van der Waals surface area (Å²) in [6, 6.07) is 3.68. The molecule has 0 aliphatic carbocycles. The fourth-order valence-electron chi connectivity index (χ4n) is 0.876. The van der Waals surface area contributed by atoms with Gasteiger partial charge in [0.15, 0.2) is 0 Å². The Balaban J connectivity index is 2.99. The van der Waals surface area contributed by atoms with Crippen LogP contribution in [0.15, 0.2) is 6.07 Å². The molecule has 1 aromatic rings. The lowest BCUT2D eigenvalue weighted by Crippen LogP contribution is -1.97. The van der Waals surface area contributed by atoms with Gasteiger partial charge in [-0.1, -0.05) is 0 Å². The van der Waals surface area contributed by atoms with E-state index in [1.807, 2.05) is 6.07 Å². The highest BCUT2D eigenvalue weighted by Gasteiger charge is 2.00. The van der Waals surface area contributed by atoms with Crippen molar-refractivity contribution in [2.75, 3.05) is 7.11 Å². The molecule has 0 aliphatic rings. The van der Waals surface area contributed by atoms with Gasteiger partial charge in [-0.05, 0) is 6.92 Å². The summed E-state index contributed by atoms with van der Waals surface area (Å²) >= 11 is 0. The fraction of sp³-hybridized carbons (Fsp3) is 0.375. The summed E-state index contributed by atoms with van der Waals surface area (Å²) in [6.45, 7) is 1.77. The van der Waals surface area contributed by atoms with Gasteiger partial charge < -0.3 is 4.74 Å². The molecule has 0 spiro atoms. The SMILES string of the molecule is COc1cc(CC#N)nc(C)n1. The first-order chi connectivity index (χ1) is 5.76. The molecule has 0 saturated carbocycles. The first-order valence-electron chi connectivity index (χ1n) is 3.51. The summed E-state index contributed by atoms with van der Waals surface area (Å²) in [7, 11) is 1.54. The maximum atomic E-state index is 8.42. The highest BCUT2D eigenvalue weighted by atomic mass is 16.5. The number of hydrogen-bond donors (Lipinski definition) is 0. The highest BCUT2D eigenvalue weighted by molar-refractivity contribution is 5.18. The Bertz CT molecular complexity index is 317. The van der Waals surface area contributed by atoms with Gasteiger partial charge in [-0.3, -0.25) is 0 Å². The van der Waals surface area contributed by atoms with Gasteiger partial charge in [0.25, 0.3) is 0 Å². The lowest BCUT2D eigenvalue weighted by Gasteiger charge is -2.01. The van der Waals surface area contributed by atoms with Crippen LogP contribution in [0.3, 0.4) is 0 Å². The van der Waals surface area contributed by atoms with Gasteiger partial charge in [-0.15, -0.1) is 0 Å². The fourth-order valence-corrected chi connectivity index (χ4v) is 0.876. The molecule has 0 bridgehead atoms. The molecule has 0 saturated heterocycles. The van der Waals surface area contributed by atoms with Crippen LogP contribution in [0.2, 0.25) is 0 Å². The van der Waals surface area contributed by atoms with E-state index in [4.69, 9.17) is 10.00 Å². The zero-order chi connectivity index (χ0) is 8.97. The smallest absolute Gasteiger partial charge is 0.216 e. The Kier molecular flexibility index (Phi) is 2.59. The minimum Gasteiger partial charge on any atom is -0.481 e. The summed E-state index contributed by atoms with van der Waals surface area (Å²) in [5.41, 5.74) is 0.696. The maximum absolute atomic E-state index is 8.42. The largest absolute Gasteiger partial charge is 0.481 e. The number of ether oxygens (including phenoxy) is 1. The van der Waals surface area contributed by atoms with Gasteiger partial charge in [0, 0.05) is 6.07 Å². The third kappa shape index (κ3) is 1.92. The van der Waals surface area contributed by atoms with E-state index in [-0.39, 0.29) is 0 Å². The van der Waals surface area contributed by atoms with Crippen LogP contribution in [0.25, 0.3) is 0 Å². The standard InChI is InChI=1S/C8H9N3O/c1-6-10-7(3-4-9)5-8(11-6)12-2/h5H,3H2,1-2H3. The molecule has 4 heteroatoms. The van der Waals surface area contributed by atoms with Crippen molar-refractivity contribution in [3.05, 3.63) is 17.6 Å². The Morgan fingerprint density at radius 1 is 1.58 bits per heavy atom. The third-order valence-electron chi connectivity index (χ3n) is 1.34. The van der Waals surface area contributed by atoms with E-state index >= 15 is 0 Å². The second-order valence-corrected chi connectivity index (χ2v) is 2.28. The number of methoxy groups -OCH3 is 1. The lowest BCUT2D eigenvalue weighted by molar-refractivity contribution is 0.395. The van der Waals surface area contributed by atoms with Gasteiger partial charge in [0.2, 0.25) is 5.88 Å². The zero-order valence-electron chi connectivity index (χ0n) is 7.03. The molecule has 62 valence electrons.